The van der Waals surface area contributed by atoms with Crippen molar-refractivity contribution in [3.8, 4) is 11.5 Å². The van der Waals surface area contributed by atoms with Gasteiger partial charge in [0.1, 0.15) is 6.54 Å². The van der Waals surface area contributed by atoms with Crippen molar-refractivity contribution in [2.24, 2.45) is 0 Å². The molecule has 0 atom stereocenters. The molecule has 1 aromatic heterocycles. The molecule has 10 nitrogen and oxygen atoms in total. The lowest BCUT2D eigenvalue weighted by atomic mass is 10.2. The van der Waals surface area contributed by atoms with Crippen molar-refractivity contribution in [2.75, 3.05) is 17.4 Å². The highest BCUT2D eigenvalue weighted by Gasteiger charge is 2.16. The summed E-state index contributed by atoms with van der Waals surface area (Å²) in [6, 6.07) is 12.6. The van der Waals surface area contributed by atoms with Crippen molar-refractivity contribution in [3.63, 3.8) is 0 Å². The summed E-state index contributed by atoms with van der Waals surface area (Å²) in [6.45, 7) is -0.156. The number of hydrogen-bond acceptors (Lipinski definition) is 6. The number of anilines is 2. The van der Waals surface area contributed by atoms with Gasteiger partial charge in [-0.25, -0.2) is 4.79 Å². The van der Waals surface area contributed by atoms with Crippen LogP contribution in [0.2, 0.25) is 0 Å². The van der Waals surface area contributed by atoms with Crippen LogP contribution in [0.4, 0.5) is 11.4 Å². The lowest BCUT2D eigenvalue weighted by molar-refractivity contribution is -0.116. The van der Waals surface area contributed by atoms with Gasteiger partial charge in [-0.1, -0.05) is 6.07 Å². The van der Waals surface area contributed by atoms with Gasteiger partial charge in [-0.3, -0.25) is 23.9 Å². The molecule has 30 heavy (non-hydrogen) atoms. The van der Waals surface area contributed by atoms with Gasteiger partial charge in [0.2, 0.25) is 12.7 Å². The minimum atomic E-state index is -0.678. The Balaban J connectivity index is 1.42. The zero-order valence-electron chi connectivity index (χ0n) is 15.5. The highest BCUT2D eigenvalue weighted by molar-refractivity contribution is 6.05. The summed E-state index contributed by atoms with van der Waals surface area (Å²) in [5.41, 5.74) is 0.0775. The molecule has 2 aromatic carbocycles. The van der Waals surface area contributed by atoms with E-state index in [1.165, 1.54) is 6.20 Å². The van der Waals surface area contributed by atoms with Gasteiger partial charge in [0, 0.05) is 29.2 Å². The van der Waals surface area contributed by atoms with E-state index in [1.54, 1.807) is 42.5 Å². The number of ether oxygens (including phenoxy) is 2. The van der Waals surface area contributed by atoms with Crippen LogP contribution in [0.5, 0.6) is 11.5 Å². The Morgan fingerprint density at radius 2 is 1.73 bits per heavy atom. The number of rotatable bonds is 5. The SMILES string of the molecule is O=C(Cn1ccc(=O)[nH]c1=O)Nc1cccc(NC(=O)c2ccc3c(c2)OCO3)c1. The lowest BCUT2D eigenvalue weighted by Crippen LogP contribution is -2.32. The molecule has 0 saturated heterocycles. The molecule has 4 rings (SSSR count). The standard InChI is InChI=1S/C20H16N4O6/c25-17-6-7-24(20(28)23-17)10-18(26)21-13-2-1-3-14(9-13)22-19(27)12-4-5-15-16(8-12)30-11-29-15/h1-9H,10-11H2,(H,21,26)(H,22,27)(H,23,25,28). The first kappa shape index (κ1) is 19.0. The molecule has 2 heterocycles. The molecule has 0 bridgehead atoms. The average molecular weight is 408 g/mol. The predicted molar refractivity (Wildman–Crippen MR) is 107 cm³/mol. The van der Waals surface area contributed by atoms with E-state index < -0.39 is 17.2 Å². The van der Waals surface area contributed by atoms with Crippen molar-refractivity contribution < 1.29 is 19.1 Å². The van der Waals surface area contributed by atoms with Gasteiger partial charge >= 0.3 is 5.69 Å². The van der Waals surface area contributed by atoms with Crippen LogP contribution in [0.15, 0.2) is 64.3 Å². The van der Waals surface area contributed by atoms with Gasteiger partial charge in [-0.2, -0.15) is 0 Å². The van der Waals surface area contributed by atoms with Crippen LogP contribution >= 0.6 is 0 Å². The number of benzene rings is 2. The second-order valence-electron chi connectivity index (χ2n) is 6.39. The number of amides is 2. The van der Waals surface area contributed by atoms with Gasteiger partial charge in [0.25, 0.3) is 11.5 Å². The molecule has 10 heteroatoms. The first-order valence-corrected chi connectivity index (χ1v) is 8.89. The quantitative estimate of drug-likeness (QED) is 0.581. The van der Waals surface area contributed by atoms with Crippen LogP contribution in [0.25, 0.3) is 0 Å². The molecule has 2 amide bonds. The fraction of sp³-hybridized carbons (Fsp3) is 0.100. The molecule has 0 spiro atoms. The second kappa shape index (κ2) is 7.95. The normalized spacial score (nSPS) is 11.7. The van der Waals surface area contributed by atoms with Crippen molar-refractivity contribution in [1.29, 1.82) is 0 Å². The van der Waals surface area contributed by atoms with Crippen molar-refractivity contribution in [2.45, 2.75) is 6.54 Å². The zero-order valence-corrected chi connectivity index (χ0v) is 15.5. The summed E-state index contributed by atoms with van der Waals surface area (Å²) in [5, 5.41) is 5.39. The summed E-state index contributed by atoms with van der Waals surface area (Å²) in [7, 11) is 0. The lowest BCUT2D eigenvalue weighted by Gasteiger charge is -2.10. The summed E-state index contributed by atoms with van der Waals surface area (Å²) >= 11 is 0. The number of carbonyl (C=O) groups excluding carboxylic acids is 2. The topological polar surface area (TPSA) is 132 Å². The van der Waals surface area contributed by atoms with E-state index in [2.05, 4.69) is 15.6 Å². The fourth-order valence-corrected chi connectivity index (χ4v) is 2.84. The molecular weight excluding hydrogens is 392 g/mol. The molecule has 0 saturated carbocycles. The highest BCUT2D eigenvalue weighted by Crippen LogP contribution is 2.32. The third-order valence-electron chi connectivity index (χ3n) is 4.25. The Labute approximate surface area is 169 Å². The number of nitrogens with one attached hydrogen (secondary N) is 3. The smallest absolute Gasteiger partial charge is 0.328 e. The van der Waals surface area contributed by atoms with E-state index in [-0.39, 0.29) is 19.2 Å². The van der Waals surface area contributed by atoms with Crippen molar-refractivity contribution in [1.82, 2.24) is 9.55 Å². The van der Waals surface area contributed by atoms with E-state index in [9.17, 15) is 19.2 Å². The number of aromatic nitrogens is 2. The minimum absolute atomic E-state index is 0.118. The van der Waals surface area contributed by atoms with Crippen molar-refractivity contribution in [3.05, 3.63) is 81.1 Å². The van der Waals surface area contributed by atoms with Crippen LogP contribution in [0, 0.1) is 0 Å². The fourth-order valence-electron chi connectivity index (χ4n) is 2.84. The molecule has 0 unspecified atom stereocenters. The maximum atomic E-state index is 12.5. The van der Waals surface area contributed by atoms with E-state index in [1.807, 2.05) is 0 Å². The Bertz CT molecular complexity index is 1250. The molecule has 3 aromatic rings. The highest BCUT2D eigenvalue weighted by atomic mass is 16.7. The molecule has 152 valence electrons. The van der Waals surface area contributed by atoms with Gasteiger partial charge in [0.15, 0.2) is 11.5 Å². The molecule has 1 aliphatic rings. The van der Waals surface area contributed by atoms with Gasteiger partial charge in [-0.05, 0) is 36.4 Å². The van der Waals surface area contributed by atoms with Crippen LogP contribution in [0.3, 0.4) is 0 Å². The summed E-state index contributed by atoms with van der Waals surface area (Å²) in [5.74, 6) is 0.263. The average Bonchev–Trinajstić information content (AvgIpc) is 3.18. The van der Waals surface area contributed by atoms with E-state index in [4.69, 9.17) is 9.47 Å². The third kappa shape index (κ3) is 4.22. The number of H-pyrrole nitrogens is 1. The van der Waals surface area contributed by atoms with E-state index in [0.717, 1.165) is 10.6 Å². The number of hydrogen-bond donors (Lipinski definition) is 3. The van der Waals surface area contributed by atoms with Gasteiger partial charge < -0.3 is 20.1 Å². The summed E-state index contributed by atoms with van der Waals surface area (Å²) in [6.07, 6.45) is 1.24. The number of nitrogens with zero attached hydrogens (tertiary/aromatic N) is 1. The molecule has 0 radical (unpaired) electrons. The minimum Gasteiger partial charge on any atom is -0.454 e. The molecule has 3 N–H and O–H groups in total. The third-order valence-corrected chi connectivity index (χ3v) is 4.25. The Morgan fingerprint density at radius 1 is 0.967 bits per heavy atom. The van der Waals surface area contributed by atoms with Crippen LogP contribution < -0.4 is 31.4 Å². The maximum absolute atomic E-state index is 12.5. The Morgan fingerprint density at radius 3 is 2.53 bits per heavy atom. The molecule has 1 aliphatic heterocycles. The van der Waals surface area contributed by atoms with Crippen LogP contribution in [-0.2, 0) is 11.3 Å². The van der Waals surface area contributed by atoms with Crippen LogP contribution in [0.1, 0.15) is 10.4 Å². The monoisotopic (exact) mass is 408 g/mol. The van der Waals surface area contributed by atoms with E-state index in [0.29, 0.717) is 28.4 Å². The first-order valence-electron chi connectivity index (χ1n) is 8.89. The number of fused-ring (bicyclic) bond motifs is 1. The number of aromatic amines is 1. The summed E-state index contributed by atoms with van der Waals surface area (Å²) in [4.78, 5) is 49.5. The molecular formula is C20H16N4O6. The van der Waals surface area contributed by atoms with Gasteiger partial charge in [0.05, 0.1) is 0 Å². The second-order valence-corrected chi connectivity index (χ2v) is 6.39. The predicted octanol–water partition coefficient (Wildman–Crippen LogP) is 1.16. The Hall–Kier alpha value is -4.34. The first-order chi connectivity index (χ1) is 14.5. The Kier molecular flexibility index (Phi) is 5.04. The van der Waals surface area contributed by atoms with E-state index >= 15 is 0 Å². The maximum Gasteiger partial charge on any atom is 0.328 e. The zero-order chi connectivity index (χ0) is 21.1. The molecule has 0 aliphatic carbocycles. The molecule has 0 fully saturated rings. The van der Waals surface area contributed by atoms with Crippen molar-refractivity contribution >= 4 is 23.2 Å². The number of carbonyl (C=O) groups is 2. The summed E-state index contributed by atoms with van der Waals surface area (Å²) < 4.78 is 11.6. The van der Waals surface area contributed by atoms with Crippen LogP contribution in [-0.4, -0.2) is 28.2 Å². The largest absolute Gasteiger partial charge is 0.454 e. The van der Waals surface area contributed by atoms with Gasteiger partial charge in [-0.15, -0.1) is 0 Å².